The number of carbonyl (C=O) groups excluding carboxylic acids is 1. The first-order chi connectivity index (χ1) is 6.42. The van der Waals surface area contributed by atoms with E-state index in [0.717, 1.165) is 17.5 Å². The third-order valence-corrected chi connectivity index (χ3v) is 3.04. The number of fused-ring (bicyclic) bond motifs is 1. The Hall–Kier alpha value is -1.11. The molecule has 0 atom stereocenters. The summed E-state index contributed by atoms with van der Waals surface area (Å²) in [6.07, 6.45) is 0.893. The van der Waals surface area contributed by atoms with Crippen LogP contribution in [-0.2, 0) is 6.42 Å². The Morgan fingerprint density at radius 2 is 1.86 bits per heavy atom. The summed E-state index contributed by atoms with van der Waals surface area (Å²) < 4.78 is 0. The highest BCUT2D eigenvalue weighted by Gasteiger charge is 2.38. The molecule has 1 nitrogen and oxygen atoms in total. The molecule has 1 aliphatic carbocycles. The fourth-order valence-electron chi connectivity index (χ4n) is 2.41. The highest BCUT2D eigenvalue weighted by Crippen LogP contribution is 2.38. The van der Waals surface area contributed by atoms with E-state index < -0.39 is 0 Å². The van der Waals surface area contributed by atoms with E-state index in [2.05, 4.69) is 19.1 Å². The minimum Gasteiger partial charge on any atom is -0.294 e. The van der Waals surface area contributed by atoms with Crippen LogP contribution < -0.4 is 0 Å². The van der Waals surface area contributed by atoms with E-state index in [9.17, 15) is 4.79 Å². The molecule has 74 valence electrons. The Morgan fingerprint density at radius 3 is 2.50 bits per heavy atom. The molecule has 0 radical (unpaired) electrons. The number of rotatable bonds is 0. The van der Waals surface area contributed by atoms with Crippen LogP contribution in [0.25, 0.3) is 0 Å². The van der Waals surface area contributed by atoms with Crippen molar-refractivity contribution in [2.75, 3.05) is 0 Å². The summed E-state index contributed by atoms with van der Waals surface area (Å²) in [6, 6.07) is 4.24. The summed E-state index contributed by atoms with van der Waals surface area (Å²) in [5.41, 5.74) is 4.40. The maximum Gasteiger partial charge on any atom is 0.169 e. The molecule has 14 heavy (non-hydrogen) atoms. The number of aryl methyl sites for hydroxylation is 2. The molecule has 0 unspecified atom stereocenters. The molecule has 0 saturated heterocycles. The number of carbonyl (C=O) groups is 1. The van der Waals surface area contributed by atoms with Crippen LogP contribution in [0.1, 0.15) is 40.9 Å². The second-order valence-electron chi connectivity index (χ2n) is 5.01. The van der Waals surface area contributed by atoms with Crippen molar-refractivity contribution in [2.45, 2.75) is 34.1 Å². The predicted molar refractivity (Wildman–Crippen MR) is 57.7 cm³/mol. The molecule has 0 aromatic heterocycles. The Bertz CT molecular complexity index is 413. The summed E-state index contributed by atoms with van der Waals surface area (Å²) in [5, 5.41) is 0. The van der Waals surface area contributed by atoms with E-state index in [4.69, 9.17) is 0 Å². The van der Waals surface area contributed by atoms with Crippen molar-refractivity contribution < 1.29 is 4.79 Å². The van der Waals surface area contributed by atoms with E-state index >= 15 is 0 Å². The molecule has 1 aromatic rings. The second kappa shape index (κ2) is 2.69. The molecule has 0 N–H and O–H groups in total. The van der Waals surface area contributed by atoms with Gasteiger partial charge >= 0.3 is 0 Å². The van der Waals surface area contributed by atoms with Crippen molar-refractivity contribution in [3.05, 3.63) is 34.4 Å². The lowest BCUT2D eigenvalue weighted by Crippen LogP contribution is -2.19. The lowest BCUT2D eigenvalue weighted by atomic mass is 9.88. The van der Waals surface area contributed by atoms with Crippen LogP contribution in [0, 0.1) is 19.3 Å². The van der Waals surface area contributed by atoms with Gasteiger partial charge in [0, 0.05) is 11.0 Å². The van der Waals surface area contributed by atoms with Crippen LogP contribution in [0.2, 0.25) is 0 Å². The van der Waals surface area contributed by atoms with Crippen LogP contribution in [0.15, 0.2) is 12.1 Å². The van der Waals surface area contributed by atoms with E-state index in [0.29, 0.717) is 5.78 Å². The van der Waals surface area contributed by atoms with Crippen molar-refractivity contribution in [1.82, 2.24) is 0 Å². The van der Waals surface area contributed by atoms with E-state index in [1.165, 1.54) is 11.1 Å². The third kappa shape index (κ3) is 1.19. The molecule has 2 rings (SSSR count). The zero-order valence-electron chi connectivity index (χ0n) is 9.27. The van der Waals surface area contributed by atoms with Crippen molar-refractivity contribution >= 4 is 5.78 Å². The molecular weight excluding hydrogens is 172 g/mol. The van der Waals surface area contributed by atoms with Gasteiger partial charge in [-0.1, -0.05) is 31.5 Å². The summed E-state index contributed by atoms with van der Waals surface area (Å²) in [6.45, 7) is 8.18. The van der Waals surface area contributed by atoms with Gasteiger partial charge in [-0.15, -0.1) is 0 Å². The minimum absolute atomic E-state index is 0.194. The van der Waals surface area contributed by atoms with Crippen LogP contribution in [0.5, 0.6) is 0 Å². The Kier molecular flexibility index (Phi) is 1.82. The monoisotopic (exact) mass is 188 g/mol. The van der Waals surface area contributed by atoms with E-state index in [1.807, 2.05) is 20.8 Å². The second-order valence-corrected chi connectivity index (χ2v) is 5.01. The van der Waals surface area contributed by atoms with Crippen LogP contribution in [0.3, 0.4) is 0 Å². The Labute approximate surface area is 85.1 Å². The summed E-state index contributed by atoms with van der Waals surface area (Å²) in [4.78, 5) is 12.1. The van der Waals surface area contributed by atoms with Crippen molar-refractivity contribution in [3.63, 3.8) is 0 Å². The summed E-state index contributed by atoms with van der Waals surface area (Å²) in [7, 11) is 0. The fraction of sp³-hybridized carbons (Fsp3) is 0.462. The number of ketones is 1. The molecular formula is C13H16O. The molecule has 0 heterocycles. The summed E-state index contributed by atoms with van der Waals surface area (Å²) in [5.74, 6) is 0.310. The molecule has 0 saturated carbocycles. The summed E-state index contributed by atoms with van der Waals surface area (Å²) >= 11 is 0. The standard InChI is InChI=1S/C13H16O/c1-8-5-9(2)11-10(6-8)7-13(3,4)12(11)14/h5-6H,7H2,1-4H3. The SMILES string of the molecule is Cc1cc(C)c2c(c1)CC(C)(C)C2=O. The normalized spacial score (nSPS) is 18.4. The predicted octanol–water partition coefficient (Wildman–Crippen LogP) is 3.07. The number of Topliss-reactive ketones (excluding diaryl/α,β-unsaturated/α-hetero) is 1. The van der Waals surface area contributed by atoms with Crippen LogP contribution in [-0.4, -0.2) is 5.78 Å². The van der Waals surface area contributed by atoms with Gasteiger partial charge < -0.3 is 0 Å². The lowest BCUT2D eigenvalue weighted by molar-refractivity contribution is 0.0863. The maximum atomic E-state index is 12.1. The first-order valence-corrected chi connectivity index (χ1v) is 5.07. The molecule has 0 spiro atoms. The third-order valence-electron chi connectivity index (χ3n) is 3.04. The average molecular weight is 188 g/mol. The van der Waals surface area contributed by atoms with Crippen molar-refractivity contribution in [2.24, 2.45) is 5.41 Å². The van der Waals surface area contributed by atoms with Gasteiger partial charge in [0.25, 0.3) is 0 Å². The van der Waals surface area contributed by atoms with Gasteiger partial charge in [0.2, 0.25) is 0 Å². The first-order valence-electron chi connectivity index (χ1n) is 5.07. The Morgan fingerprint density at radius 1 is 1.21 bits per heavy atom. The lowest BCUT2D eigenvalue weighted by Gasteiger charge is -2.13. The van der Waals surface area contributed by atoms with Crippen LogP contribution in [0.4, 0.5) is 0 Å². The minimum atomic E-state index is -0.194. The highest BCUT2D eigenvalue weighted by atomic mass is 16.1. The molecule has 1 heteroatoms. The fourth-order valence-corrected chi connectivity index (χ4v) is 2.41. The quantitative estimate of drug-likeness (QED) is 0.611. The molecule has 0 amide bonds. The van der Waals surface area contributed by atoms with E-state index in [1.54, 1.807) is 0 Å². The highest BCUT2D eigenvalue weighted by molar-refractivity contribution is 6.05. The number of hydrogen-bond acceptors (Lipinski definition) is 1. The zero-order chi connectivity index (χ0) is 10.5. The molecule has 0 fully saturated rings. The number of benzene rings is 1. The Balaban J connectivity index is 2.66. The smallest absolute Gasteiger partial charge is 0.169 e. The number of hydrogen-bond donors (Lipinski definition) is 0. The van der Waals surface area contributed by atoms with Gasteiger partial charge in [0.05, 0.1) is 0 Å². The van der Waals surface area contributed by atoms with Gasteiger partial charge in [-0.2, -0.15) is 0 Å². The first kappa shape index (κ1) is 9.45. The average Bonchev–Trinajstić information content (AvgIpc) is 2.21. The molecule has 1 aromatic carbocycles. The molecule has 0 aliphatic heterocycles. The van der Waals surface area contributed by atoms with Crippen molar-refractivity contribution in [3.8, 4) is 0 Å². The van der Waals surface area contributed by atoms with Gasteiger partial charge in [-0.25, -0.2) is 0 Å². The van der Waals surface area contributed by atoms with E-state index in [-0.39, 0.29) is 5.41 Å². The van der Waals surface area contributed by atoms with Crippen LogP contribution >= 0.6 is 0 Å². The maximum absolute atomic E-state index is 12.1. The molecule has 0 bridgehead atoms. The zero-order valence-corrected chi connectivity index (χ0v) is 9.27. The topological polar surface area (TPSA) is 17.1 Å². The largest absolute Gasteiger partial charge is 0.294 e. The van der Waals surface area contributed by atoms with Crippen molar-refractivity contribution in [1.29, 1.82) is 0 Å². The van der Waals surface area contributed by atoms with Gasteiger partial charge in [-0.3, -0.25) is 4.79 Å². The van der Waals surface area contributed by atoms with Gasteiger partial charge in [0.1, 0.15) is 0 Å². The van der Waals surface area contributed by atoms with Gasteiger partial charge in [0.15, 0.2) is 5.78 Å². The van der Waals surface area contributed by atoms with Gasteiger partial charge in [-0.05, 0) is 31.4 Å². The molecule has 1 aliphatic rings.